The first-order valence-electron chi connectivity index (χ1n) is 8.68. The maximum Gasteiger partial charge on any atom is 0.357 e. The second-order valence-corrected chi connectivity index (χ2v) is 6.83. The summed E-state index contributed by atoms with van der Waals surface area (Å²) in [6.45, 7) is 2.60. The van der Waals surface area contributed by atoms with Crippen molar-refractivity contribution in [3.63, 3.8) is 0 Å². The number of esters is 1. The van der Waals surface area contributed by atoms with Gasteiger partial charge in [-0.1, -0.05) is 42.5 Å². The number of aromatic nitrogens is 1. The van der Waals surface area contributed by atoms with E-state index in [1.807, 2.05) is 42.5 Å². The van der Waals surface area contributed by atoms with Crippen LogP contribution in [0.3, 0.4) is 0 Å². The molecule has 1 heterocycles. The van der Waals surface area contributed by atoms with E-state index in [0.29, 0.717) is 30.8 Å². The SMILES string of the molecule is CCOC(=O)c1csc(Cc2ccc(C(=O)NCc3ccccc3)cc2)n1. The van der Waals surface area contributed by atoms with Crippen molar-refractivity contribution in [2.75, 3.05) is 6.61 Å². The molecule has 0 aliphatic heterocycles. The van der Waals surface area contributed by atoms with Crippen molar-refractivity contribution >= 4 is 23.2 Å². The topological polar surface area (TPSA) is 68.3 Å². The van der Waals surface area contributed by atoms with Crippen LogP contribution in [-0.4, -0.2) is 23.5 Å². The molecule has 3 aromatic rings. The van der Waals surface area contributed by atoms with Crippen LogP contribution in [-0.2, 0) is 17.7 Å². The highest BCUT2D eigenvalue weighted by Crippen LogP contribution is 2.16. The van der Waals surface area contributed by atoms with E-state index in [1.54, 1.807) is 24.4 Å². The number of thiazole rings is 1. The Hall–Kier alpha value is -2.99. The summed E-state index contributed by atoms with van der Waals surface area (Å²) < 4.78 is 4.95. The molecule has 1 aromatic heterocycles. The van der Waals surface area contributed by atoms with Gasteiger partial charge >= 0.3 is 5.97 Å². The Morgan fingerprint density at radius 2 is 1.78 bits per heavy atom. The molecule has 0 spiro atoms. The Labute approximate surface area is 162 Å². The van der Waals surface area contributed by atoms with Crippen molar-refractivity contribution in [2.45, 2.75) is 19.9 Å². The maximum absolute atomic E-state index is 12.3. The number of carbonyl (C=O) groups is 2. The lowest BCUT2D eigenvalue weighted by atomic mass is 10.1. The standard InChI is InChI=1S/C21H20N2O3S/c1-2-26-21(25)18-14-27-19(23-18)12-15-8-10-17(11-9-15)20(24)22-13-16-6-4-3-5-7-16/h3-11,14H,2,12-13H2,1H3,(H,22,24). The zero-order chi connectivity index (χ0) is 19.1. The molecule has 0 aliphatic rings. The number of benzene rings is 2. The zero-order valence-electron chi connectivity index (χ0n) is 15.0. The van der Waals surface area contributed by atoms with Gasteiger partial charge in [-0.2, -0.15) is 0 Å². The third-order valence-corrected chi connectivity index (χ3v) is 4.75. The molecule has 0 atom stereocenters. The Morgan fingerprint density at radius 3 is 2.48 bits per heavy atom. The summed E-state index contributed by atoms with van der Waals surface area (Å²) in [6.07, 6.45) is 0.607. The Bertz CT molecular complexity index is 905. The van der Waals surface area contributed by atoms with Crippen molar-refractivity contribution in [1.82, 2.24) is 10.3 Å². The van der Waals surface area contributed by atoms with Crippen molar-refractivity contribution < 1.29 is 14.3 Å². The first-order valence-corrected chi connectivity index (χ1v) is 9.56. The molecule has 1 amide bonds. The fourth-order valence-electron chi connectivity index (χ4n) is 2.52. The first-order chi connectivity index (χ1) is 13.2. The number of hydrogen-bond donors (Lipinski definition) is 1. The van der Waals surface area contributed by atoms with Crippen molar-refractivity contribution in [1.29, 1.82) is 0 Å². The van der Waals surface area contributed by atoms with Gasteiger partial charge in [0, 0.05) is 23.9 Å². The zero-order valence-corrected chi connectivity index (χ0v) is 15.8. The highest BCUT2D eigenvalue weighted by molar-refractivity contribution is 7.09. The minimum Gasteiger partial charge on any atom is -0.461 e. The van der Waals surface area contributed by atoms with Crippen LogP contribution in [0.15, 0.2) is 60.0 Å². The van der Waals surface area contributed by atoms with Crippen LogP contribution in [0, 0.1) is 0 Å². The normalized spacial score (nSPS) is 10.4. The molecule has 27 heavy (non-hydrogen) atoms. The van der Waals surface area contributed by atoms with Gasteiger partial charge in [0.25, 0.3) is 5.91 Å². The summed E-state index contributed by atoms with van der Waals surface area (Å²) in [5.74, 6) is -0.505. The van der Waals surface area contributed by atoms with Gasteiger partial charge < -0.3 is 10.1 Å². The van der Waals surface area contributed by atoms with E-state index in [9.17, 15) is 9.59 Å². The van der Waals surface area contributed by atoms with Gasteiger partial charge in [-0.05, 0) is 30.2 Å². The number of ether oxygens (including phenoxy) is 1. The smallest absolute Gasteiger partial charge is 0.357 e. The molecule has 0 saturated heterocycles. The predicted octanol–water partition coefficient (Wildman–Crippen LogP) is 3.84. The molecule has 2 aromatic carbocycles. The fraction of sp³-hybridized carbons (Fsp3) is 0.190. The molecule has 0 radical (unpaired) electrons. The van der Waals surface area contributed by atoms with Crippen LogP contribution in [0.2, 0.25) is 0 Å². The predicted molar refractivity (Wildman–Crippen MR) is 105 cm³/mol. The quantitative estimate of drug-likeness (QED) is 0.633. The Balaban J connectivity index is 1.57. The lowest BCUT2D eigenvalue weighted by Gasteiger charge is -2.06. The molecule has 5 nitrogen and oxygen atoms in total. The number of nitrogens with one attached hydrogen (secondary N) is 1. The van der Waals surface area contributed by atoms with Crippen LogP contribution in [0.25, 0.3) is 0 Å². The summed E-state index contributed by atoms with van der Waals surface area (Å²) in [7, 11) is 0. The molecular formula is C21H20N2O3S. The van der Waals surface area contributed by atoms with Crippen LogP contribution in [0.1, 0.15) is 43.9 Å². The minimum atomic E-state index is -0.398. The monoisotopic (exact) mass is 380 g/mol. The Morgan fingerprint density at radius 1 is 1.04 bits per heavy atom. The number of hydrogen-bond acceptors (Lipinski definition) is 5. The summed E-state index contributed by atoms with van der Waals surface area (Å²) in [6, 6.07) is 17.2. The van der Waals surface area contributed by atoms with Crippen LogP contribution in [0.5, 0.6) is 0 Å². The van der Waals surface area contributed by atoms with E-state index in [0.717, 1.165) is 16.1 Å². The summed E-state index contributed by atoms with van der Waals surface area (Å²) >= 11 is 1.42. The largest absolute Gasteiger partial charge is 0.461 e. The van der Waals surface area contributed by atoms with Crippen LogP contribution < -0.4 is 5.32 Å². The molecule has 1 N–H and O–H groups in total. The molecular weight excluding hydrogens is 360 g/mol. The Kier molecular flexibility index (Phi) is 6.33. The van der Waals surface area contributed by atoms with Gasteiger partial charge in [-0.3, -0.25) is 4.79 Å². The number of nitrogens with zero attached hydrogens (tertiary/aromatic N) is 1. The molecule has 0 unspecified atom stereocenters. The molecule has 0 aliphatic carbocycles. The van der Waals surface area contributed by atoms with Crippen LogP contribution >= 0.6 is 11.3 Å². The molecule has 0 saturated carbocycles. The average Bonchev–Trinajstić information content (AvgIpc) is 3.16. The maximum atomic E-state index is 12.3. The molecule has 3 rings (SSSR count). The minimum absolute atomic E-state index is 0.107. The van der Waals surface area contributed by atoms with Crippen molar-refractivity contribution in [2.24, 2.45) is 0 Å². The van der Waals surface area contributed by atoms with Gasteiger partial charge in [0.2, 0.25) is 0 Å². The van der Waals surface area contributed by atoms with E-state index in [1.165, 1.54) is 11.3 Å². The van der Waals surface area contributed by atoms with Crippen LogP contribution in [0.4, 0.5) is 0 Å². The lowest BCUT2D eigenvalue weighted by Crippen LogP contribution is -2.22. The third kappa shape index (κ3) is 5.24. The number of carbonyl (C=O) groups excluding carboxylic acids is 2. The molecule has 6 heteroatoms. The van der Waals surface area contributed by atoms with E-state index < -0.39 is 5.97 Å². The second kappa shape index (κ2) is 9.09. The van der Waals surface area contributed by atoms with E-state index in [2.05, 4.69) is 10.3 Å². The summed E-state index contributed by atoms with van der Waals surface area (Å²) in [5, 5.41) is 5.45. The van der Waals surface area contributed by atoms with E-state index in [-0.39, 0.29) is 5.91 Å². The number of amides is 1. The molecule has 0 fully saturated rings. The first kappa shape index (κ1) is 18.8. The van der Waals surface area contributed by atoms with Crippen molar-refractivity contribution in [3.8, 4) is 0 Å². The summed E-state index contributed by atoms with van der Waals surface area (Å²) in [5.41, 5.74) is 3.04. The molecule has 0 bridgehead atoms. The highest BCUT2D eigenvalue weighted by atomic mass is 32.1. The summed E-state index contributed by atoms with van der Waals surface area (Å²) in [4.78, 5) is 28.2. The average molecular weight is 380 g/mol. The lowest BCUT2D eigenvalue weighted by molar-refractivity contribution is 0.0520. The fourth-order valence-corrected chi connectivity index (χ4v) is 3.32. The third-order valence-electron chi connectivity index (χ3n) is 3.90. The van der Waals surface area contributed by atoms with Gasteiger partial charge in [0.1, 0.15) is 0 Å². The molecule has 138 valence electrons. The number of rotatable bonds is 7. The van der Waals surface area contributed by atoms with Gasteiger partial charge in [0.15, 0.2) is 5.69 Å². The van der Waals surface area contributed by atoms with Gasteiger partial charge in [-0.25, -0.2) is 9.78 Å². The van der Waals surface area contributed by atoms with Gasteiger partial charge in [-0.15, -0.1) is 11.3 Å². The van der Waals surface area contributed by atoms with Gasteiger partial charge in [0.05, 0.1) is 11.6 Å². The van der Waals surface area contributed by atoms with Crippen molar-refractivity contribution in [3.05, 3.63) is 87.4 Å². The van der Waals surface area contributed by atoms with E-state index in [4.69, 9.17) is 4.74 Å². The van der Waals surface area contributed by atoms with E-state index >= 15 is 0 Å². The highest BCUT2D eigenvalue weighted by Gasteiger charge is 2.12. The second-order valence-electron chi connectivity index (χ2n) is 5.89.